The fraction of sp³-hybridized carbons (Fsp3) is 0.360. The predicted octanol–water partition coefficient (Wildman–Crippen LogP) is 6.13. The summed E-state index contributed by atoms with van der Waals surface area (Å²) in [6, 6.07) is 10.8. The third-order valence-corrected chi connectivity index (χ3v) is 6.90. The number of hydrogen-bond donors (Lipinski definition) is 2. The molecule has 2 N–H and O–H groups in total. The summed E-state index contributed by atoms with van der Waals surface area (Å²) < 4.78 is 15.9. The van der Waals surface area contributed by atoms with E-state index in [0.717, 1.165) is 33.9 Å². The third-order valence-electron chi connectivity index (χ3n) is 6.90. The minimum atomic E-state index is -0.723. The van der Waals surface area contributed by atoms with Crippen molar-refractivity contribution in [2.75, 3.05) is 0 Å². The van der Waals surface area contributed by atoms with Gasteiger partial charge in [0.2, 0.25) is 0 Å². The molecular weight excluding hydrogens is 393 g/mol. The Labute approximate surface area is 179 Å². The lowest BCUT2D eigenvalue weighted by Gasteiger charge is -2.21. The predicted molar refractivity (Wildman–Crippen MR) is 119 cm³/mol. The number of aromatic amines is 1. The van der Waals surface area contributed by atoms with Crippen LogP contribution in [0.3, 0.4) is 0 Å². The fourth-order valence-electron chi connectivity index (χ4n) is 5.32. The monoisotopic (exact) mass is 419 g/mol. The zero-order valence-corrected chi connectivity index (χ0v) is 17.9. The van der Waals surface area contributed by atoms with Crippen LogP contribution in [0.5, 0.6) is 0 Å². The number of halogens is 1. The van der Waals surface area contributed by atoms with Gasteiger partial charge in [-0.15, -0.1) is 0 Å². The van der Waals surface area contributed by atoms with Crippen LogP contribution in [0.4, 0.5) is 4.39 Å². The van der Waals surface area contributed by atoms with Crippen molar-refractivity contribution in [2.24, 2.45) is 5.41 Å². The largest absolute Gasteiger partial charge is 0.481 e. The highest BCUT2D eigenvalue weighted by Gasteiger charge is 2.43. The smallest absolute Gasteiger partial charge is 0.309 e. The zero-order chi connectivity index (χ0) is 21.9. The molecule has 31 heavy (non-hydrogen) atoms. The molecule has 4 aromatic rings. The molecule has 0 saturated heterocycles. The van der Waals surface area contributed by atoms with Gasteiger partial charge in [0.05, 0.1) is 22.6 Å². The Morgan fingerprint density at radius 3 is 2.68 bits per heavy atom. The molecule has 1 saturated carbocycles. The molecular formula is C25H26FN3O2. The van der Waals surface area contributed by atoms with E-state index < -0.39 is 11.4 Å². The van der Waals surface area contributed by atoms with Gasteiger partial charge in [-0.05, 0) is 80.0 Å². The summed E-state index contributed by atoms with van der Waals surface area (Å²) in [5.41, 5.74) is 4.59. The van der Waals surface area contributed by atoms with Crippen LogP contribution in [0.1, 0.15) is 63.1 Å². The molecule has 1 unspecified atom stereocenters. The van der Waals surface area contributed by atoms with Crippen LogP contribution < -0.4 is 0 Å². The van der Waals surface area contributed by atoms with Gasteiger partial charge in [0, 0.05) is 22.2 Å². The molecule has 2 aromatic heterocycles. The van der Waals surface area contributed by atoms with Crippen molar-refractivity contribution in [2.45, 2.75) is 51.9 Å². The SMILES string of the molecule is CC(C)c1c(C2CC[C@@](C)(C(=O)O)C2)c2cc3[nH]ncc3cc2n1-c1ccc(F)cc1. The number of carboxylic acids is 1. The summed E-state index contributed by atoms with van der Waals surface area (Å²) in [5.74, 6) is -0.625. The van der Waals surface area contributed by atoms with Gasteiger partial charge in [0.1, 0.15) is 5.82 Å². The van der Waals surface area contributed by atoms with E-state index in [4.69, 9.17) is 0 Å². The van der Waals surface area contributed by atoms with Crippen LogP contribution in [-0.4, -0.2) is 25.8 Å². The van der Waals surface area contributed by atoms with Crippen LogP contribution in [0.25, 0.3) is 27.5 Å². The molecule has 160 valence electrons. The number of rotatable bonds is 4. The lowest BCUT2D eigenvalue weighted by molar-refractivity contribution is -0.147. The minimum absolute atomic E-state index is 0.156. The molecule has 0 spiro atoms. The topological polar surface area (TPSA) is 70.9 Å². The van der Waals surface area contributed by atoms with Gasteiger partial charge in [-0.3, -0.25) is 9.89 Å². The van der Waals surface area contributed by atoms with Crippen LogP contribution in [-0.2, 0) is 4.79 Å². The lowest BCUT2D eigenvalue weighted by Crippen LogP contribution is -2.23. The Hall–Kier alpha value is -3.15. The van der Waals surface area contributed by atoms with E-state index >= 15 is 0 Å². The summed E-state index contributed by atoms with van der Waals surface area (Å²) in [5, 5.41) is 19.2. The van der Waals surface area contributed by atoms with Gasteiger partial charge in [-0.1, -0.05) is 13.8 Å². The molecule has 1 fully saturated rings. The van der Waals surface area contributed by atoms with Crippen molar-refractivity contribution in [1.82, 2.24) is 14.8 Å². The number of fused-ring (bicyclic) bond motifs is 2. The van der Waals surface area contributed by atoms with E-state index in [1.54, 1.807) is 12.1 Å². The van der Waals surface area contributed by atoms with Gasteiger partial charge in [-0.25, -0.2) is 4.39 Å². The molecule has 2 aromatic carbocycles. The number of benzene rings is 2. The first-order valence-corrected chi connectivity index (χ1v) is 10.8. The Bertz CT molecular complexity index is 1300. The normalized spacial score (nSPS) is 21.5. The first-order chi connectivity index (χ1) is 14.8. The lowest BCUT2D eigenvalue weighted by atomic mass is 9.84. The highest BCUT2D eigenvalue weighted by Crippen LogP contribution is 2.51. The summed E-state index contributed by atoms with van der Waals surface area (Å²) in [4.78, 5) is 11.9. The number of H-pyrrole nitrogens is 1. The van der Waals surface area contributed by atoms with Crippen LogP contribution in [0.15, 0.2) is 42.6 Å². The van der Waals surface area contributed by atoms with E-state index in [2.05, 4.69) is 40.7 Å². The Morgan fingerprint density at radius 1 is 1.29 bits per heavy atom. The van der Waals surface area contributed by atoms with Crippen molar-refractivity contribution in [3.05, 3.63) is 59.7 Å². The van der Waals surface area contributed by atoms with Crippen molar-refractivity contribution in [1.29, 1.82) is 0 Å². The maximum absolute atomic E-state index is 13.7. The highest BCUT2D eigenvalue weighted by molar-refractivity contribution is 5.99. The maximum Gasteiger partial charge on any atom is 0.309 e. The standard InChI is InChI=1S/C25H26FN3O2/c1-14(2)23-22(15-8-9-25(3,12-15)24(30)31)19-11-20-16(13-27-28-20)10-21(19)29(23)18-6-4-17(26)5-7-18/h4-7,10-11,13-15H,8-9,12H2,1-3H3,(H,27,28)(H,30,31)/t15?,25-/m1/s1. The molecule has 2 heterocycles. The van der Waals surface area contributed by atoms with Gasteiger partial charge in [0.25, 0.3) is 0 Å². The molecule has 5 rings (SSSR count). The quantitative estimate of drug-likeness (QED) is 0.418. The number of aromatic nitrogens is 3. The van der Waals surface area contributed by atoms with Crippen molar-refractivity contribution < 1.29 is 14.3 Å². The van der Waals surface area contributed by atoms with E-state index in [9.17, 15) is 14.3 Å². The first-order valence-electron chi connectivity index (χ1n) is 10.8. The number of nitrogens with one attached hydrogen (secondary N) is 1. The molecule has 0 radical (unpaired) electrons. The highest BCUT2D eigenvalue weighted by atomic mass is 19.1. The molecule has 0 amide bonds. The average Bonchev–Trinajstić information content (AvgIpc) is 3.42. The number of nitrogens with zero attached hydrogens (tertiary/aromatic N) is 2. The first kappa shape index (κ1) is 19.8. The summed E-state index contributed by atoms with van der Waals surface area (Å²) in [6.45, 7) is 6.18. The van der Waals surface area contributed by atoms with E-state index in [1.807, 2.05) is 13.1 Å². The second-order valence-electron chi connectivity index (χ2n) is 9.40. The van der Waals surface area contributed by atoms with E-state index in [-0.39, 0.29) is 17.7 Å². The second kappa shape index (κ2) is 6.94. The van der Waals surface area contributed by atoms with Gasteiger partial charge in [0.15, 0.2) is 0 Å². The second-order valence-corrected chi connectivity index (χ2v) is 9.40. The van der Waals surface area contributed by atoms with Crippen molar-refractivity contribution >= 4 is 27.8 Å². The van der Waals surface area contributed by atoms with Crippen LogP contribution in [0, 0.1) is 11.2 Å². The average molecular weight is 420 g/mol. The van der Waals surface area contributed by atoms with Crippen molar-refractivity contribution in [3.63, 3.8) is 0 Å². The van der Waals surface area contributed by atoms with E-state index in [1.165, 1.54) is 23.4 Å². The molecule has 0 bridgehead atoms. The van der Waals surface area contributed by atoms with Crippen LogP contribution in [0.2, 0.25) is 0 Å². The van der Waals surface area contributed by atoms with E-state index in [0.29, 0.717) is 12.8 Å². The summed E-state index contributed by atoms with van der Waals surface area (Å²) >= 11 is 0. The number of carbonyl (C=O) groups is 1. The molecule has 0 aliphatic heterocycles. The third kappa shape index (κ3) is 3.04. The van der Waals surface area contributed by atoms with Gasteiger partial charge >= 0.3 is 5.97 Å². The maximum atomic E-state index is 13.7. The number of hydrogen-bond acceptors (Lipinski definition) is 2. The summed E-state index contributed by atoms with van der Waals surface area (Å²) in [6.07, 6.45) is 3.93. The molecule has 5 nitrogen and oxygen atoms in total. The number of carboxylic acid groups (broad SMARTS) is 1. The minimum Gasteiger partial charge on any atom is -0.481 e. The van der Waals surface area contributed by atoms with Gasteiger partial charge < -0.3 is 9.67 Å². The van der Waals surface area contributed by atoms with Gasteiger partial charge in [-0.2, -0.15) is 5.10 Å². The molecule has 1 aliphatic carbocycles. The Kier molecular flexibility index (Phi) is 4.43. The zero-order valence-electron chi connectivity index (χ0n) is 17.9. The Morgan fingerprint density at radius 2 is 2.03 bits per heavy atom. The fourth-order valence-corrected chi connectivity index (χ4v) is 5.32. The molecule has 2 atom stereocenters. The number of aliphatic carboxylic acids is 1. The van der Waals surface area contributed by atoms with Crippen molar-refractivity contribution in [3.8, 4) is 5.69 Å². The summed E-state index contributed by atoms with van der Waals surface area (Å²) in [7, 11) is 0. The molecule has 6 heteroatoms. The Balaban J connectivity index is 1.82. The van der Waals surface area contributed by atoms with Crippen LogP contribution >= 0.6 is 0 Å². The molecule has 1 aliphatic rings.